The fourth-order valence-electron chi connectivity index (χ4n) is 4.53. The number of nitrogens with zero attached hydrogens (tertiary/aromatic N) is 1. The molecule has 2 atom stereocenters. The summed E-state index contributed by atoms with van der Waals surface area (Å²) in [6.07, 6.45) is -0.583. The first-order valence-corrected chi connectivity index (χ1v) is 12.2. The molecule has 2 aromatic carbocycles. The molecule has 1 aliphatic heterocycles. The normalized spacial score (nSPS) is 18.0. The zero-order valence-corrected chi connectivity index (χ0v) is 19.5. The Bertz CT molecular complexity index is 1010. The third-order valence-corrected chi connectivity index (χ3v) is 7.39. The van der Waals surface area contributed by atoms with Crippen LogP contribution in [0.1, 0.15) is 30.9 Å². The van der Waals surface area contributed by atoms with Crippen molar-refractivity contribution in [2.45, 2.75) is 25.8 Å². The van der Waals surface area contributed by atoms with Gasteiger partial charge in [0, 0.05) is 18.2 Å². The minimum absolute atomic E-state index is 0.0383. The third-order valence-electron chi connectivity index (χ3n) is 6.38. The van der Waals surface area contributed by atoms with Crippen LogP contribution in [-0.2, 0) is 14.3 Å². The molecule has 0 aromatic heterocycles. The van der Waals surface area contributed by atoms with Gasteiger partial charge in [-0.2, -0.15) is 0 Å². The lowest BCUT2D eigenvalue weighted by Crippen LogP contribution is -2.48. The van der Waals surface area contributed by atoms with Crippen LogP contribution in [0.15, 0.2) is 48.5 Å². The molecule has 4 rings (SSSR count). The summed E-state index contributed by atoms with van der Waals surface area (Å²) in [5.41, 5.74) is 4.58. The Labute approximate surface area is 197 Å². The number of carbonyl (C=O) groups is 3. The minimum Gasteiger partial charge on any atom is -0.480 e. The van der Waals surface area contributed by atoms with Gasteiger partial charge in [-0.05, 0) is 28.2 Å². The van der Waals surface area contributed by atoms with Crippen LogP contribution in [0, 0.1) is 11.8 Å². The van der Waals surface area contributed by atoms with Crippen LogP contribution in [0.25, 0.3) is 11.1 Å². The average Bonchev–Trinajstić information content (AvgIpc) is 3.41. The van der Waals surface area contributed by atoms with Crippen LogP contribution in [-0.4, -0.2) is 58.8 Å². The number of thioether (sulfide) groups is 1. The van der Waals surface area contributed by atoms with Gasteiger partial charge in [0.25, 0.3) is 0 Å². The predicted octanol–water partition coefficient (Wildman–Crippen LogP) is 3.78. The highest BCUT2D eigenvalue weighted by atomic mass is 32.2. The molecule has 2 N–H and O–H groups in total. The third kappa shape index (κ3) is 4.71. The number of hydrogen-bond acceptors (Lipinski definition) is 5. The highest BCUT2D eigenvalue weighted by Crippen LogP contribution is 2.44. The van der Waals surface area contributed by atoms with E-state index >= 15 is 0 Å². The Hall–Kier alpha value is -3.00. The van der Waals surface area contributed by atoms with Crippen LogP contribution in [0.3, 0.4) is 0 Å². The molecule has 0 radical (unpaired) electrons. The maximum atomic E-state index is 13.0. The summed E-state index contributed by atoms with van der Waals surface area (Å²) in [7, 11) is 0. The van der Waals surface area contributed by atoms with Crippen molar-refractivity contribution in [1.29, 1.82) is 0 Å². The smallest absolute Gasteiger partial charge is 0.407 e. The first kappa shape index (κ1) is 23.2. The zero-order valence-electron chi connectivity index (χ0n) is 18.7. The molecule has 7 nitrogen and oxygen atoms in total. The van der Waals surface area contributed by atoms with Crippen molar-refractivity contribution < 1.29 is 24.2 Å². The van der Waals surface area contributed by atoms with E-state index in [1.807, 2.05) is 38.1 Å². The van der Waals surface area contributed by atoms with Gasteiger partial charge >= 0.3 is 12.1 Å². The SMILES string of the molecule is CC(C)C(CNC(=O)OCC1c2ccccc2-c2ccccc21)C(=O)N1CSCC1C(=O)O. The number of hydrogen-bond donors (Lipinski definition) is 2. The van der Waals surface area contributed by atoms with E-state index in [1.54, 1.807) is 0 Å². The molecule has 1 fully saturated rings. The summed E-state index contributed by atoms with van der Waals surface area (Å²) in [5, 5.41) is 12.1. The van der Waals surface area contributed by atoms with Gasteiger partial charge in [0.15, 0.2) is 0 Å². The molecule has 33 heavy (non-hydrogen) atoms. The largest absolute Gasteiger partial charge is 0.480 e. The quantitative estimate of drug-likeness (QED) is 0.642. The molecule has 1 heterocycles. The van der Waals surface area contributed by atoms with Gasteiger partial charge in [0.05, 0.1) is 11.8 Å². The summed E-state index contributed by atoms with van der Waals surface area (Å²) >= 11 is 1.42. The lowest BCUT2D eigenvalue weighted by molar-refractivity contribution is -0.150. The topological polar surface area (TPSA) is 95.9 Å². The van der Waals surface area contributed by atoms with E-state index < -0.39 is 24.0 Å². The summed E-state index contributed by atoms with van der Waals surface area (Å²) in [6.45, 7) is 4.08. The van der Waals surface area contributed by atoms with Crippen molar-refractivity contribution >= 4 is 29.7 Å². The molecule has 1 saturated heterocycles. The Morgan fingerprint density at radius 3 is 2.27 bits per heavy atom. The summed E-state index contributed by atoms with van der Waals surface area (Å²) < 4.78 is 5.56. The molecule has 2 amide bonds. The Balaban J connectivity index is 1.37. The Kier molecular flexibility index (Phi) is 6.93. The molecule has 2 aliphatic rings. The van der Waals surface area contributed by atoms with Gasteiger partial charge in [0.2, 0.25) is 5.91 Å². The van der Waals surface area contributed by atoms with E-state index in [2.05, 4.69) is 29.6 Å². The van der Waals surface area contributed by atoms with E-state index in [4.69, 9.17) is 4.74 Å². The molecule has 0 saturated carbocycles. The van der Waals surface area contributed by atoms with Gasteiger partial charge in [-0.15, -0.1) is 11.8 Å². The van der Waals surface area contributed by atoms with E-state index in [0.717, 1.165) is 22.3 Å². The second-order valence-electron chi connectivity index (χ2n) is 8.72. The number of fused-ring (bicyclic) bond motifs is 3. The average molecular weight is 469 g/mol. The molecule has 8 heteroatoms. The van der Waals surface area contributed by atoms with E-state index in [1.165, 1.54) is 16.7 Å². The van der Waals surface area contributed by atoms with Gasteiger partial charge in [-0.1, -0.05) is 62.4 Å². The number of ether oxygens (including phenoxy) is 1. The number of carboxylic acids is 1. The molecule has 1 aliphatic carbocycles. The van der Waals surface area contributed by atoms with Crippen LogP contribution in [0.5, 0.6) is 0 Å². The molecule has 2 aromatic rings. The van der Waals surface area contributed by atoms with Gasteiger partial charge < -0.3 is 20.1 Å². The second-order valence-corrected chi connectivity index (χ2v) is 9.72. The Morgan fingerprint density at radius 2 is 1.70 bits per heavy atom. The first-order chi connectivity index (χ1) is 15.9. The number of rotatable bonds is 7. The van der Waals surface area contributed by atoms with Gasteiger partial charge in [-0.3, -0.25) is 4.79 Å². The molecular formula is C25H28N2O5S. The van der Waals surface area contributed by atoms with Crippen LogP contribution in [0.2, 0.25) is 0 Å². The lowest BCUT2D eigenvalue weighted by Gasteiger charge is -2.28. The van der Waals surface area contributed by atoms with Crippen LogP contribution >= 0.6 is 11.8 Å². The lowest BCUT2D eigenvalue weighted by atomic mass is 9.94. The molecule has 0 bridgehead atoms. The van der Waals surface area contributed by atoms with E-state index in [-0.39, 0.29) is 30.9 Å². The molecular weight excluding hydrogens is 440 g/mol. The maximum absolute atomic E-state index is 13.0. The van der Waals surface area contributed by atoms with Crippen LogP contribution in [0.4, 0.5) is 4.79 Å². The fraction of sp³-hybridized carbons (Fsp3) is 0.400. The summed E-state index contributed by atoms with van der Waals surface area (Å²) in [6, 6.07) is 15.4. The number of benzene rings is 2. The number of carbonyl (C=O) groups excluding carboxylic acids is 2. The number of aliphatic carboxylic acids is 1. The van der Waals surface area contributed by atoms with E-state index in [9.17, 15) is 19.5 Å². The van der Waals surface area contributed by atoms with Crippen molar-refractivity contribution in [2.24, 2.45) is 11.8 Å². The number of alkyl carbamates (subject to hydrolysis) is 1. The Morgan fingerprint density at radius 1 is 1.09 bits per heavy atom. The number of nitrogens with one attached hydrogen (secondary N) is 1. The fourth-order valence-corrected chi connectivity index (χ4v) is 5.68. The first-order valence-electron chi connectivity index (χ1n) is 11.1. The van der Waals surface area contributed by atoms with E-state index in [0.29, 0.717) is 11.6 Å². The second kappa shape index (κ2) is 9.87. The maximum Gasteiger partial charge on any atom is 0.407 e. The van der Waals surface area contributed by atoms with Crippen LogP contribution < -0.4 is 5.32 Å². The highest BCUT2D eigenvalue weighted by molar-refractivity contribution is 7.99. The van der Waals surface area contributed by atoms with Crippen molar-refractivity contribution in [3.63, 3.8) is 0 Å². The van der Waals surface area contributed by atoms with Crippen molar-refractivity contribution in [3.8, 4) is 11.1 Å². The van der Waals surface area contributed by atoms with Gasteiger partial charge in [-0.25, -0.2) is 9.59 Å². The highest BCUT2D eigenvalue weighted by Gasteiger charge is 2.38. The van der Waals surface area contributed by atoms with Crippen molar-refractivity contribution in [2.75, 3.05) is 24.8 Å². The summed E-state index contributed by atoms with van der Waals surface area (Å²) in [5.74, 6) is -1.14. The number of carboxylic acid groups (broad SMARTS) is 1. The minimum atomic E-state index is -1.000. The monoisotopic (exact) mass is 468 g/mol. The standard InChI is InChI=1S/C25H28N2O5S/c1-15(2)20(23(28)27-14-33-13-22(27)24(29)30)11-26-25(31)32-12-21-18-9-5-3-7-16(18)17-8-4-6-10-19(17)21/h3-10,15,20-22H,11-14H2,1-2H3,(H,26,31)(H,29,30). The van der Waals surface area contributed by atoms with Crippen molar-refractivity contribution in [1.82, 2.24) is 10.2 Å². The molecule has 174 valence electrons. The predicted molar refractivity (Wildman–Crippen MR) is 127 cm³/mol. The van der Waals surface area contributed by atoms with Gasteiger partial charge in [0.1, 0.15) is 12.6 Å². The molecule has 0 spiro atoms. The zero-order chi connectivity index (χ0) is 23.5. The van der Waals surface area contributed by atoms with Crippen molar-refractivity contribution in [3.05, 3.63) is 59.7 Å². The summed E-state index contributed by atoms with van der Waals surface area (Å²) in [4.78, 5) is 38.4. The molecule has 2 unspecified atom stereocenters. The number of amides is 2.